The number of hydrogen-bond acceptors (Lipinski definition) is 1. The molecule has 1 rings (SSSR count). The summed E-state index contributed by atoms with van der Waals surface area (Å²) in [6.45, 7) is 5.63. The molecule has 1 heterocycles. The van der Waals surface area contributed by atoms with E-state index in [4.69, 9.17) is 0 Å². The van der Waals surface area contributed by atoms with Crippen molar-refractivity contribution >= 4 is 5.91 Å². The Morgan fingerprint density at radius 2 is 2.56 bits per heavy atom. The van der Waals surface area contributed by atoms with Gasteiger partial charge in [0, 0.05) is 18.4 Å². The van der Waals surface area contributed by atoms with E-state index < -0.39 is 0 Å². The summed E-state index contributed by atoms with van der Waals surface area (Å²) in [5, 5.41) is 2.81. The fourth-order valence-corrected chi connectivity index (χ4v) is 1.10. The van der Waals surface area contributed by atoms with Gasteiger partial charge in [-0.05, 0) is 6.92 Å². The van der Waals surface area contributed by atoms with Crippen molar-refractivity contribution in [1.29, 1.82) is 0 Å². The minimum absolute atomic E-state index is 0.146. The van der Waals surface area contributed by atoms with Crippen LogP contribution in [0.25, 0.3) is 0 Å². The van der Waals surface area contributed by atoms with Crippen molar-refractivity contribution in [3.63, 3.8) is 0 Å². The molecule has 0 radical (unpaired) electrons. The predicted octanol–water partition coefficient (Wildman–Crippen LogP) is 0.697. The first-order valence-corrected chi connectivity index (χ1v) is 3.16. The zero-order valence-corrected chi connectivity index (χ0v) is 5.55. The van der Waals surface area contributed by atoms with Gasteiger partial charge in [0.2, 0.25) is 5.91 Å². The fraction of sp³-hybridized carbons (Fsp3) is 0.571. The maximum absolute atomic E-state index is 10.7. The van der Waals surface area contributed by atoms with Gasteiger partial charge in [-0.1, -0.05) is 6.08 Å². The molecule has 0 saturated carbocycles. The van der Waals surface area contributed by atoms with E-state index in [1.54, 1.807) is 0 Å². The normalized spacial score (nSPS) is 34.1. The Labute approximate surface area is 54.9 Å². The minimum atomic E-state index is 0.146. The molecule has 2 nitrogen and oxygen atoms in total. The van der Waals surface area contributed by atoms with E-state index in [2.05, 4.69) is 11.9 Å². The number of carbonyl (C=O) groups excluding carboxylic acids is 1. The maximum Gasteiger partial charge on any atom is 0.220 e. The van der Waals surface area contributed by atoms with Crippen LogP contribution < -0.4 is 5.32 Å². The van der Waals surface area contributed by atoms with E-state index in [0.29, 0.717) is 12.3 Å². The first kappa shape index (κ1) is 6.33. The van der Waals surface area contributed by atoms with Crippen molar-refractivity contribution < 1.29 is 4.79 Å². The van der Waals surface area contributed by atoms with Gasteiger partial charge in [0.15, 0.2) is 0 Å². The molecule has 0 aliphatic carbocycles. The van der Waals surface area contributed by atoms with Crippen molar-refractivity contribution in [3.05, 3.63) is 12.7 Å². The van der Waals surface area contributed by atoms with Gasteiger partial charge in [-0.25, -0.2) is 0 Å². The zero-order valence-electron chi connectivity index (χ0n) is 5.55. The van der Waals surface area contributed by atoms with Crippen molar-refractivity contribution in [3.8, 4) is 0 Å². The summed E-state index contributed by atoms with van der Waals surface area (Å²) in [7, 11) is 0. The van der Waals surface area contributed by atoms with Gasteiger partial charge in [0.25, 0.3) is 0 Å². The lowest BCUT2D eigenvalue weighted by molar-refractivity contribution is -0.119. The average molecular weight is 125 g/mol. The molecule has 1 aliphatic rings. The number of hydrogen-bond donors (Lipinski definition) is 1. The van der Waals surface area contributed by atoms with Crippen LogP contribution in [0.5, 0.6) is 0 Å². The van der Waals surface area contributed by atoms with E-state index in [1.165, 1.54) is 0 Å². The number of nitrogens with one attached hydrogen (secondary N) is 1. The fourth-order valence-electron chi connectivity index (χ4n) is 1.10. The summed E-state index contributed by atoms with van der Waals surface area (Å²) in [4.78, 5) is 10.7. The van der Waals surface area contributed by atoms with E-state index >= 15 is 0 Å². The third-order valence-electron chi connectivity index (χ3n) is 1.75. The summed E-state index contributed by atoms with van der Waals surface area (Å²) in [6.07, 6.45) is 2.45. The monoisotopic (exact) mass is 125 g/mol. The Balaban J connectivity index is 2.57. The van der Waals surface area contributed by atoms with Gasteiger partial charge in [-0.2, -0.15) is 0 Å². The van der Waals surface area contributed by atoms with Crippen LogP contribution in [0.3, 0.4) is 0 Å². The predicted molar refractivity (Wildman–Crippen MR) is 35.9 cm³/mol. The first-order chi connectivity index (χ1) is 4.24. The number of rotatable bonds is 1. The molecule has 1 aliphatic heterocycles. The molecule has 1 N–H and O–H groups in total. The summed E-state index contributed by atoms with van der Waals surface area (Å²) < 4.78 is 0. The van der Waals surface area contributed by atoms with Crippen LogP contribution >= 0.6 is 0 Å². The second-order valence-electron chi connectivity index (χ2n) is 2.46. The van der Waals surface area contributed by atoms with E-state index in [9.17, 15) is 4.79 Å². The van der Waals surface area contributed by atoms with Gasteiger partial charge in [-0.3, -0.25) is 4.79 Å². The third kappa shape index (κ3) is 1.12. The molecule has 1 saturated heterocycles. The lowest BCUT2D eigenvalue weighted by Gasteiger charge is -2.06. The Hall–Kier alpha value is -0.790. The molecular weight excluding hydrogens is 114 g/mol. The van der Waals surface area contributed by atoms with Crippen LogP contribution in [0.15, 0.2) is 12.7 Å². The van der Waals surface area contributed by atoms with Crippen LogP contribution in [0.2, 0.25) is 0 Å². The summed E-state index contributed by atoms with van der Waals surface area (Å²) in [5.74, 6) is 0.491. The van der Waals surface area contributed by atoms with Gasteiger partial charge in [0.1, 0.15) is 0 Å². The molecule has 1 fully saturated rings. The Morgan fingerprint density at radius 1 is 1.89 bits per heavy atom. The van der Waals surface area contributed by atoms with Crippen LogP contribution in [-0.4, -0.2) is 11.9 Å². The largest absolute Gasteiger partial charge is 0.353 e. The van der Waals surface area contributed by atoms with Crippen LogP contribution in [0.1, 0.15) is 13.3 Å². The van der Waals surface area contributed by atoms with Gasteiger partial charge in [-0.15, -0.1) is 6.58 Å². The van der Waals surface area contributed by atoms with Crippen molar-refractivity contribution in [1.82, 2.24) is 5.32 Å². The lowest BCUT2D eigenvalue weighted by Crippen LogP contribution is -2.24. The second-order valence-corrected chi connectivity index (χ2v) is 2.46. The molecule has 0 aromatic rings. The van der Waals surface area contributed by atoms with E-state index in [0.717, 1.165) is 0 Å². The molecule has 2 unspecified atom stereocenters. The molecule has 0 aromatic carbocycles. The smallest absolute Gasteiger partial charge is 0.220 e. The second kappa shape index (κ2) is 2.21. The van der Waals surface area contributed by atoms with Gasteiger partial charge < -0.3 is 5.32 Å². The average Bonchev–Trinajstić information content (AvgIpc) is 2.10. The third-order valence-corrected chi connectivity index (χ3v) is 1.75. The number of amides is 1. The highest BCUT2D eigenvalue weighted by Crippen LogP contribution is 2.15. The van der Waals surface area contributed by atoms with Gasteiger partial charge >= 0.3 is 0 Å². The van der Waals surface area contributed by atoms with Crippen molar-refractivity contribution in [2.75, 3.05) is 0 Å². The highest BCUT2D eigenvalue weighted by Gasteiger charge is 2.25. The SMILES string of the molecule is C=CC1CC(=O)NC1C. The lowest BCUT2D eigenvalue weighted by atomic mass is 10.0. The van der Waals surface area contributed by atoms with E-state index in [-0.39, 0.29) is 11.9 Å². The topological polar surface area (TPSA) is 29.1 Å². The highest BCUT2D eigenvalue weighted by atomic mass is 16.1. The van der Waals surface area contributed by atoms with Crippen molar-refractivity contribution in [2.45, 2.75) is 19.4 Å². The molecule has 2 atom stereocenters. The Morgan fingerprint density at radius 3 is 2.78 bits per heavy atom. The Kier molecular flexibility index (Phi) is 1.56. The molecule has 0 aromatic heterocycles. The van der Waals surface area contributed by atoms with Crippen molar-refractivity contribution in [2.24, 2.45) is 5.92 Å². The first-order valence-electron chi connectivity index (χ1n) is 3.16. The minimum Gasteiger partial charge on any atom is -0.353 e. The molecule has 0 bridgehead atoms. The molecule has 50 valence electrons. The van der Waals surface area contributed by atoms with Gasteiger partial charge in [0.05, 0.1) is 0 Å². The maximum atomic E-state index is 10.7. The molecule has 9 heavy (non-hydrogen) atoms. The van der Waals surface area contributed by atoms with Crippen LogP contribution in [0.4, 0.5) is 0 Å². The number of carbonyl (C=O) groups is 1. The summed E-state index contributed by atoms with van der Waals surface area (Å²) in [6, 6.07) is 0.287. The Bertz CT molecular complexity index is 142. The highest BCUT2D eigenvalue weighted by molar-refractivity contribution is 5.79. The van der Waals surface area contributed by atoms with E-state index in [1.807, 2.05) is 13.0 Å². The van der Waals surface area contributed by atoms with Crippen LogP contribution in [0, 0.1) is 5.92 Å². The molecule has 1 amide bonds. The molecule has 2 heteroatoms. The standard InChI is InChI=1S/C7H11NO/c1-3-6-4-7(9)8-5(6)2/h3,5-6H,1,4H2,2H3,(H,8,9). The quantitative estimate of drug-likeness (QED) is 0.513. The molecule has 0 spiro atoms. The van der Waals surface area contributed by atoms with Crippen LogP contribution in [-0.2, 0) is 4.79 Å². The molecular formula is C7H11NO. The zero-order chi connectivity index (χ0) is 6.85. The summed E-state index contributed by atoms with van der Waals surface area (Å²) >= 11 is 0. The summed E-state index contributed by atoms with van der Waals surface area (Å²) in [5.41, 5.74) is 0.